The molecule has 2 N–H and O–H groups in total. The van der Waals surface area contributed by atoms with Crippen LogP contribution < -0.4 is 5.32 Å². The van der Waals surface area contributed by atoms with E-state index in [1.165, 1.54) is 6.42 Å². The van der Waals surface area contributed by atoms with E-state index in [9.17, 15) is 9.90 Å². The van der Waals surface area contributed by atoms with Crippen molar-refractivity contribution in [2.24, 2.45) is 11.8 Å². The third-order valence-electron chi connectivity index (χ3n) is 3.11. The molecule has 1 amide bonds. The Kier molecular flexibility index (Phi) is 3.13. The van der Waals surface area contributed by atoms with Crippen molar-refractivity contribution in [3.63, 3.8) is 0 Å². The van der Waals surface area contributed by atoms with Gasteiger partial charge < -0.3 is 10.4 Å². The molecule has 3 nitrogen and oxygen atoms in total. The lowest BCUT2D eigenvalue weighted by molar-refractivity contribution is -0.120. The van der Waals surface area contributed by atoms with Crippen LogP contribution in [0.15, 0.2) is 24.3 Å². The molecule has 1 aliphatic carbocycles. The number of benzene rings is 1. The summed E-state index contributed by atoms with van der Waals surface area (Å²) < 4.78 is 0. The van der Waals surface area contributed by atoms with E-state index in [4.69, 9.17) is 0 Å². The topological polar surface area (TPSA) is 49.3 Å². The summed E-state index contributed by atoms with van der Waals surface area (Å²) in [5.41, 5.74) is 0.848. The van der Waals surface area contributed by atoms with Crippen molar-refractivity contribution in [3.8, 4) is 5.75 Å². The van der Waals surface area contributed by atoms with Crippen LogP contribution in [0.1, 0.15) is 18.9 Å². The molecule has 2 unspecified atom stereocenters. The van der Waals surface area contributed by atoms with Gasteiger partial charge in [-0.15, -0.1) is 0 Å². The van der Waals surface area contributed by atoms with Crippen molar-refractivity contribution < 1.29 is 9.90 Å². The molecule has 86 valence electrons. The smallest absolute Gasteiger partial charge is 0.224 e. The predicted molar refractivity (Wildman–Crippen MR) is 62.1 cm³/mol. The standard InChI is InChI=1S/C13H17NO2/c1-9-5-11(9)8-14-13(16)7-10-3-2-4-12(15)6-10/h2-4,6,9,11,15H,5,7-8H2,1H3,(H,14,16). The van der Waals surface area contributed by atoms with Crippen LogP contribution in [-0.4, -0.2) is 17.6 Å². The second-order valence-corrected chi connectivity index (χ2v) is 4.62. The van der Waals surface area contributed by atoms with Crippen LogP contribution in [-0.2, 0) is 11.2 Å². The molecular formula is C13H17NO2. The highest BCUT2D eigenvalue weighted by Gasteiger charge is 2.32. The lowest BCUT2D eigenvalue weighted by atomic mass is 10.1. The Morgan fingerprint density at radius 3 is 2.94 bits per heavy atom. The number of carbonyl (C=O) groups excluding carboxylic acids is 1. The van der Waals surface area contributed by atoms with Crippen LogP contribution in [0.25, 0.3) is 0 Å². The maximum atomic E-state index is 11.6. The zero-order valence-corrected chi connectivity index (χ0v) is 9.44. The number of phenols is 1. The lowest BCUT2D eigenvalue weighted by Crippen LogP contribution is -2.27. The van der Waals surface area contributed by atoms with E-state index in [2.05, 4.69) is 12.2 Å². The maximum absolute atomic E-state index is 11.6. The molecule has 0 spiro atoms. The normalized spacial score (nSPS) is 22.8. The Balaban J connectivity index is 1.78. The van der Waals surface area contributed by atoms with Gasteiger partial charge in [-0.2, -0.15) is 0 Å². The van der Waals surface area contributed by atoms with Crippen LogP contribution in [0, 0.1) is 11.8 Å². The van der Waals surface area contributed by atoms with Gasteiger partial charge in [-0.25, -0.2) is 0 Å². The third kappa shape index (κ3) is 2.99. The predicted octanol–water partition coefficient (Wildman–Crippen LogP) is 1.71. The molecule has 0 saturated heterocycles. The Bertz CT molecular complexity index is 389. The highest BCUT2D eigenvalue weighted by Crippen LogP contribution is 2.36. The number of carbonyl (C=O) groups is 1. The zero-order chi connectivity index (χ0) is 11.5. The average molecular weight is 219 g/mol. The van der Waals surface area contributed by atoms with Gasteiger partial charge in [0.15, 0.2) is 0 Å². The highest BCUT2D eigenvalue weighted by atomic mass is 16.3. The van der Waals surface area contributed by atoms with Crippen LogP contribution >= 0.6 is 0 Å². The Labute approximate surface area is 95.5 Å². The Morgan fingerprint density at radius 1 is 1.56 bits per heavy atom. The molecule has 16 heavy (non-hydrogen) atoms. The molecule has 3 heteroatoms. The number of hydrogen-bond acceptors (Lipinski definition) is 2. The largest absolute Gasteiger partial charge is 0.508 e. The van der Waals surface area contributed by atoms with E-state index in [1.807, 2.05) is 6.07 Å². The molecule has 0 heterocycles. The molecule has 0 radical (unpaired) electrons. The summed E-state index contributed by atoms with van der Waals surface area (Å²) >= 11 is 0. The van der Waals surface area contributed by atoms with Gasteiger partial charge in [0.05, 0.1) is 6.42 Å². The fraction of sp³-hybridized carbons (Fsp3) is 0.462. The van der Waals surface area contributed by atoms with Crippen molar-refractivity contribution >= 4 is 5.91 Å². The zero-order valence-electron chi connectivity index (χ0n) is 9.44. The Hall–Kier alpha value is -1.51. The van der Waals surface area contributed by atoms with E-state index in [0.29, 0.717) is 12.3 Å². The van der Waals surface area contributed by atoms with E-state index in [-0.39, 0.29) is 11.7 Å². The van der Waals surface area contributed by atoms with Gasteiger partial charge in [0.1, 0.15) is 5.75 Å². The van der Waals surface area contributed by atoms with E-state index >= 15 is 0 Å². The van der Waals surface area contributed by atoms with Crippen LogP contribution in [0.3, 0.4) is 0 Å². The minimum Gasteiger partial charge on any atom is -0.508 e. The molecular weight excluding hydrogens is 202 g/mol. The lowest BCUT2D eigenvalue weighted by Gasteiger charge is -2.04. The first kappa shape index (κ1) is 11.0. The van der Waals surface area contributed by atoms with Crippen LogP contribution in [0.5, 0.6) is 5.75 Å². The van der Waals surface area contributed by atoms with Gasteiger partial charge in [-0.3, -0.25) is 4.79 Å². The van der Waals surface area contributed by atoms with Crippen molar-refractivity contribution in [2.75, 3.05) is 6.54 Å². The van der Waals surface area contributed by atoms with Gasteiger partial charge in [-0.05, 0) is 36.0 Å². The summed E-state index contributed by atoms with van der Waals surface area (Å²) in [6.45, 7) is 2.99. The number of nitrogens with one attached hydrogen (secondary N) is 1. The van der Waals surface area contributed by atoms with E-state index in [0.717, 1.165) is 18.0 Å². The second-order valence-electron chi connectivity index (χ2n) is 4.62. The molecule has 1 fully saturated rings. The molecule has 0 bridgehead atoms. The average Bonchev–Trinajstić information content (AvgIpc) is 2.92. The number of rotatable bonds is 4. The van der Waals surface area contributed by atoms with Gasteiger partial charge in [0.2, 0.25) is 5.91 Å². The minimum atomic E-state index is 0.0321. The van der Waals surface area contributed by atoms with Crippen LogP contribution in [0.4, 0.5) is 0 Å². The van der Waals surface area contributed by atoms with E-state index in [1.54, 1.807) is 18.2 Å². The maximum Gasteiger partial charge on any atom is 0.224 e. The number of aromatic hydroxyl groups is 1. The summed E-state index contributed by atoms with van der Waals surface area (Å²) in [6.07, 6.45) is 1.57. The third-order valence-corrected chi connectivity index (χ3v) is 3.11. The number of amides is 1. The number of phenolic OH excluding ortho intramolecular Hbond substituents is 1. The molecule has 1 aliphatic rings. The highest BCUT2D eigenvalue weighted by molar-refractivity contribution is 5.78. The first-order valence-electron chi connectivity index (χ1n) is 5.70. The fourth-order valence-corrected chi connectivity index (χ4v) is 1.84. The van der Waals surface area contributed by atoms with Crippen molar-refractivity contribution in [1.82, 2.24) is 5.32 Å². The first-order valence-corrected chi connectivity index (χ1v) is 5.70. The summed E-state index contributed by atoms with van der Waals surface area (Å²) in [6, 6.07) is 6.83. The molecule has 2 atom stereocenters. The first-order chi connectivity index (χ1) is 7.65. The van der Waals surface area contributed by atoms with Crippen LogP contribution in [0.2, 0.25) is 0 Å². The molecule has 0 aliphatic heterocycles. The van der Waals surface area contributed by atoms with Crippen molar-refractivity contribution in [1.29, 1.82) is 0 Å². The monoisotopic (exact) mass is 219 g/mol. The SMILES string of the molecule is CC1CC1CNC(=O)Cc1cccc(O)c1. The molecule has 0 aromatic heterocycles. The van der Waals surface area contributed by atoms with Gasteiger partial charge in [-0.1, -0.05) is 19.1 Å². The van der Waals surface area contributed by atoms with Gasteiger partial charge in [0, 0.05) is 6.54 Å². The number of hydrogen-bond donors (Lipinski definition) is 2. The van der Waals surface area contributed by atoms with E-state index < -0.39 is 0 Å². The fourth-order valence-electron chi connectivity index (χ4n) is 1.84. The van der Waals surface area contributed by atoms with Crippen molar-refractivity contribution in [3.05, 3.63) is 29.8 Å². The Morgan fingerprint density at radius 2 is 2.31 bits per heavy atom. The summed E-state index contributed by atoms with van der Waals surface area (Å²) in [5.74, 6) is 1.68. The summed E-state index contributed by atoms with van der Waals surface area (Å²) in [4.78, 5) is 11.6. The molecule has 1 aromatic carbocycles. The van der Waals surface area contributed by atoms with Gasteiger partial charge >= 0.3 is 0 Å². The summed E-state index contributed by atoms with van der Waals surface area (Å²) in [7, 11) is 0. The summed E-state index contributed by atoms with van der Waals surface area (Å²) in [5, 5.41) is 12.2. The second kappa shape index (κ2) is 4.56. The molecule has 1 saturated carbocycles. The minimum absolute atomic E-state index is 0.0321. The quantitative estimate of drug-likeness (QED) is 0.810. The van der Waals surface area contributed by atoms with Gasteiger partial charge in [0.25, 0.3) is 0 Å². The molecule has 2 rings (SSSR count). The van der Waals surface area contributed by atoms with Crippen molar-refractivity contribution in [2.45, 2.75) is 19.8 Å². The molecule has 1 aromatic rings.